The minimum absolute atomic E-state index is 0.143. The second kappa shape index (κ2) is 12.3. The van der Waals surface area contributed by atoms with Crippen LogP contribution in [0.25, 0.3) is 0 Å². The number of ketones is 1. The van der Waals surface area contributed by atoms with Gasteiger partial charge in [0.25, 0.3) is 0 Å². The van der Waals surface area contributed by atoms with Crippen molar-refractivity contribution in [3.8, 4) is 5.75 Å². The van der Waals surface area contributed by atoms with Crippen molar-refractivity contribution in [3.63, 3.8) is 0 Å². The molecule has 0 aromatic heterocycles. The number of rotatable bonds is 12. The zero-order valence-corrected chi connectivity index (χ0v) is 15.3. The van der Waals surface area contributed by atoms with Gasteiger partial charge in [-0.1, -0.05) is 45.1 Å². The first-order valence-electron chi connectivity index (χ1n) is 9.01. The molecule has 0 bridgehead atoms. The van der Waals surface area contributed by atoms with Gasteiger partial charge in [0.05, 0.1) is 6.61 Å². The predicted octanol–water partition coefficient (Wildman–Crippen LogP) is 3.84. The third-order valence-electron chi connectivity index (χ3n) is 3.73. The maximum atomic E-state index is 11.9. The van der Waals surface area contributed by atoms with E-state index in [0.717, 1.165) is 12.2 Å². The van der Waals surface area contributed by atoms with Crippen LogP contribution in [0.2, 0.25) is 0 Å². The molecule has 1 rings (SSSR count). The van der Waals surface area contributed by atoms with Gasteiger partial charge in [0.15, 0.2) is 5.78 Å². The van der Waals surface area contributed by atoms with Crippen molar-refractivity contribution in [2.45, 2.75) is 58.4 Å². The van der Waals surface area contributed by atoms with Gasteiger partial charge in [-0.3, -0.25) is 9.59 Å². The number of unbranched alkanes of at least 4 members (excludes halogenated alkanes) is 5. The van der Waals surface area contributed by atoms with Crippen LogP contribution >= 0.6 is 0 Å². The highest BCUT2D eigenvalue weighted by Crippen LogP contribution is 2.16. The maximum absolute atomic E-state index is 11.9. The monoisotopic (exact) mass is 346 g/mol. The summed E-state index contributed by atoms with van der Waals surface area (Å²) in [5.74, 6) is 0.278. The zero-order valence-electron chi connectivity index (χ0n) is 15.3. The molecule has 1 amide bonds. The summed E-state index contributed by atoms with van der Waals surface area (Å²) >= 11 is 0. The molecule has 5 heteroatoms. The van der Waals surface area contributed by atoms with E-state index in [2.05, 4.69) is 12.2 Å². The molecular weight excluding hydrogens is 316 g/mol. The van der Waals surface area contributed by atoms with Crippen molar-refractivity contribution in [3.05, 3.63) is 36.4 Å². The van der Waals surface area contributed by atoms with Gasteiger partial charge >= 0.3 is 0 Å². The molecule has 1 aromatic carbocycles. The lowest BCUT2D eigenvalue weighted by Gasteiger charge is -2.10. The minimum Gasteiger partial charge on any atom is -0.494 e. The van der Waals surface area contributed by atoms with Gasteiger partial charge in [-0.15, -0.1) is 0 Å². The highest BCUT2D eigenvalue weighted by molar-refractivity contribution is 5.97. The fourth-order valence-electron chi connectivity index (χ4n) is 2.26. The molecule has 0 radical (unpaired) electrons. The number of allylic oxidation sites excluding steroid dienone is 1. The summed E-state index contributed by atoms with van der Waals surface area (Å²) < 4.78 is 5.70. The molecule has 3 N–H and O–H groups in total. The van der Waals surface area contributed by atoms with E-state index in [1.165, 1.54) is 51.2 Å². The van der Waals surface area contributed by atoms with E-state index in [9.17, 15) is 9.59 Å². The topological polar surface area (TPSA) is 81.4 Å². The minimum atomic E-state index is -0.854. The summed E-state index contributed by atoms with van der Waals surface area (Å²) in [5, 5.41) is 2.71. The van der Waals surface area contributed by atoms with Crippen LogP contribution in [-0.2, 0) is 9.59 Å². The number of hydrogen-bond acceptors (Lipinski definition) is 4. The third kappa shape index (κ3) is 9.67. The van der Waals surface area contributed by atoms with E-state index in [4.69, 9.17) is 10.5 Å². The Bertz CT molecular complexity index is 553. The highest BCUT2D eigenvalue weighted by Gasteiger charge is 2.10. The highest BCUT2D eigenvalue weighted by atomic mass is 16.5. The second-order valence-corrected chi connectivity index (χ2v) is 6.13. The van der Waals surface area contributed by atoms with E-state index in [0.29, 0.717) is 12.3 Å². The molecule has 25 heavy (non-hydrogen) atoms. The molecule has 0 spiro atoms. The number of hydrogen-bond donors (Lipinski definition) is 2. The van der Waals surface area contributed by atoms with E-state index in [-0.39, 0.29) is 11.7 Å². The van der Waals surface area contributed by atoms with Gasteiger partial charge in [0.1, 0.15) is 11.8 Å². The smallest absolute Gasteiger partial charge is 0.245 e. The molecule has 138 valence electrons. The standard InChI is InChI=1S/C20H30N2O3/c1-3-4-5-6-7-8-15-25-18-12-10-17(11-13-18)22-20(24)19(21)14-9-16(2)23/h9-14,19H,3-8,15,21H2,1-2H3,(H,22,24)/b14-9+. The number of amides is 1. The Morgan fingerprint density at radius 3 is 2.40 bits per heavy atom. The number of nitrogens with two attached hydrogens (primary N) is 1. The van der Waals surface area contributed by atoms with Gasteiger partial charge in [-0.25, -0.2) is 0 Å². The fourth-order valence-corrected chi connectivity index (χ4v) is 2.26. The van der Waals surface area contributed by atoms with Crippen molar-refractivity contribution in [2.75, 3.05) is 11.9 Å². The fraction of sp³-hybridized carbons (Fsp3) is 0.500. The molecule has 0 saturated carbocycles. The van der Waals surface area contributed by atoms with Gasteiger partial charge in [0, 0.05) is 5.69 Å². The summed E-state index contributed by atoms with van der Waals surface area (Å²) in [4.78, 5) is 22.8. The summed E-state index contributed by atoms with van der Waals surface area (Å²) in [6.45, 7) is 4.33. The quantitative estimate of drug-likeness (QED) is 0.445. The van der Waals surface area contributed by atoms with Gasteiger partial charge < -0.3 is 15.8 Å². The lowest BCUT2D eigenvalue weighted by molar-refractivity contribution is -0.116. The predicted molar refractivity (Wildman–Crippen MR) is 102 cm³/mol. The van der Waals surface area contributed by atoms with Crippen LogP contribution in [-0.4, -0.2) is 24.3 Å². The van der Waals surface area contributed by atoms with Crippen LogP contribution in [0.15, 0.2) is 36.4 Å². The first-order valence-corrected chi connectivity index (χ1v) is 9.01. The van der Waals surface area contributed by atoms with E-state index >= 15 is 0 Å². The second-order valence-electron chi connectivity index (χ2n) is 6.13. The summed E-state index contributed by atoms with van der Waals surface area (Å²) in [5.41, 5.74) is 6.33. The Morgan fingerprint density at radius 1 is 1.12 bits per heavy atom. The molecule has 0 heterocycles. The van der Waals surface area contributed by atoms with Crippen LogP contribution in [0.4, 0.5) is 5.69 Å². The number of carbonyl (C=O) groups excluding carboxylic acids is 2. The van der Waals surface area contributed by atoms with Crippen molar-refractivity contribution < 1.29 is 14.3 Å². The van der Waals surface area contributed by atoms with Crippen LogP contribution in [0.1, 0.15) is 52.4 Å². The first kappa shape index (κ1) is 20.9. The van der Waals surface area contributed by atoms with Crippen molar-refractivity contribution in [1.82, 2.24) is 0 Å². The molecule has 1 atom stereocenters. The van der Waals surface area contributed by atoms with Crippen LogP contribution in [0.3, 0.4) is 0 Å². The van der Waals surface area contributed by atoms with Crippen molar-refractivity contribution >= 4 is 17.4 Å². The molecule has 0 fully saturated rings. The lowest BCUT2D eigenvalue weighted by atomic mass is 10.1. The molecule has 0 aliphatic rings. The molecule has 0 saturated heterocycles. The number of anilines is 1. The number of nitrogens with one attached hydrogen (secondary N) is 1. The molecule has 1 aromatic rings. The van der Waals surface area contributed by atoms with Crippen molar-refractivity contribution in [1.29, 1.82) is 0 Å². The van der Waals surface area contributed by atoms with Crippen LogP contribution < -0.4 is 15.8 Å². The van der Waals surface area contributed by atoms with Crippen LogP contribution in [0, 0.1) is 0 Å². The van der Waals surface area contributed by atoms with Crippen molar-refractivity contribution in [2.24, 2.45) is 5.73 Å². The average molecular weight is 346 g/mol. The summed E-state index contributed by atoms with van der Waals surface area (Å²) in [7, 11) is 0. The SMILES string of the molecule is CCCCCCCCOc1ccc(NC(=O)C(N)/C=C/C(C)=O)cc1. The zero-order chi connectivity index (χ0) is 18.5. The molecule has 0 aliphatic heterocycles. The summed E-state index contributed by atoms with van der Waals surface area (Å²) in [6.07, 6.45) is 10.1. The number of ether oxygens (including phenoxy) is 1. The van der Waals surface area contributed by atoms with Crippen LogP contribution in [0.5, 0.6) is 5.75 Å². The van der Waals surface area contributed by atoms with E-state index in [1.54, 1.807) is 12.1 Å². The largest absolute Gasteiger partial charge is 0.494 e. The Morgan fingerprint density at radius 2 is 1.76 bits per heavy atom. The Labute approximate surface area is 150 Å². The molecule has 5 nitrogen and oxygen atoms in total. The first-order chi connectivity index (χ1) is 12.0. The Hall–Kier alpha value is -2.14. The van der Waals surface area contributed by atoms with Gasteiger partial charge in [-0.2, -0.15) is 0 Å². The molecular formula is C20H30N2O3. The lowest BCUT2D eigenvalue weighted by Crippen LogP contribution is -2.33. The Balaban J connectivity index is 2.31. The average Bonchev–Trinajstić information content (AvgIpc) is 2.60. The van der Waals surface area contributed by atoms with Gasteiger partial charge in [0.2, 0.25) is 5.91 Å². The Kier molecular flexibility index (Phi) is 10.2. The van der Waals surface area contributed by atoms with E-state index < -0.39 is 6.04 Å². The third-order valence-corrected chi connectivity index (χ3v) is 3.73. The van der Waals surface area contributed by atoms with Gasteiger partial charge in [-0.05, 0) is 43.7 Å². The maximum Gasteiger partial charge on any atom is 0.245 e. The normalized spacial score (nSPS) is 12.1. The number of carbonyl (C=O) groups is 2. The molecule has 1 unspecified atom stereocenters. The molecule has 0 aliphatic carbocycles. The number of benzene rings is 1. The summed E-state index contributed by atoms with van der Waals surface area (Å²) in [6, 6.07) is 6.34. The van der Waals surface area contributed by atoms with E-state index in [1.807, 2.05) is 12.1 Å².